The summed E-state index contributed by atoms with van der Waals surface area (Å²) in [5.41, 5.74) is 1.35. The van der Waals surface area contributed by atoms with Crippen molar-refractivity contribution in [1.29, 1.82) is 0 Å². The molecule has 10 nitrogen and oxygen atoms in total. The number of H-pyrrole nitrogens is 1. The average molecular weight is 487 g/mol. The lowest BCUT2D eigenvalue weighted by molar-refractivity contribution is -0.127. The molecule has 1 fully saturated rings. The number of hydrogen-bond acceptors (Lipinski definition) is 7. The van der Waals surface area contributed by atoms with Crippen LogP contribution >= 0.6 is 0 Å². The molecule has 0 atom stereocenters. The van der Waals surface area contributed by atoms with Crippen LogP contribution in [0.15, 0.2) is 60.1 Å². The smallest absolute Gasteiger partial charge is 0.295 e. The molecule has 0 spiro atoms. The zero-order chi connectivity index (χ0) is 24.6. The lowest BCUT2D eigenvalue weighted by Gasteiger charge is -2.38. The van der Waals surface area contributed by atoms with Gasteiger partial charge in [0.15, 0.2) is 11.6 Å². The maximum absolute atomic E-state index is 14.7. The monoisotopic (exact) mass is 486 g/mol. The number of carbonyl (C=O) groups excluding carboxylic acids is 2. The number of benzene rings is 1. The van der Waals surface area contributed by atoms with Crippen LogP contribution in [0.25, 0.3) is 16.7 Å². The van der Waals surface area contributed by atoms with Gasteiger partial charge in [-0.15, -0.1) is 5.10 Å². The van der Waals surface area contributed by atoms with Gasteiger partial charge >= 0.3 is 0 Å². The number of carbonyl (C=O) groups is 2. The Labute approximate surface area is 205 Å². The number of amides is 1. The number of ketones is 1. The second-order valence-electron chi connectivity index (χ2n) is 8.85. The summed E-state index contributed by atoms with van der Waals surface area (Å²) in [6, 6.07) is 10.3. The number of likely N-dealkylation sites (tertiary alicyclic amines) is 1. The van der Waals surface area contributed by atoms with E-state index < -0.39 is 17.5 Å². The summed E-state index contributed by atoms with van der Waals surface area (Å²) in [7, 11) is 0. The predicted molar refractivity (Wildman–Crippen MR) is 129 cm³/mol. The molecule has 6 rings (SSSR count). The van der Waals surface area contributed by atoms with Crippen molar-refractivity contribution < 1.29 is 14.0 Å². The Morgan fingerprint density at radius 1 is 1.08 bits per heavy atom. The number of aliphatic imine (C=N–C) groups is 1. The number of aromatic nitrogens is 5. The largest absolute Gasteiger partial charge is 0.357 e. The number of hydrogen-bond donors (Lipinski definition) is 1. The van der Waals surface area contributed by atoms with Crippen LogP contribution in [-0.4, -0.2) is 84.5 Å². The van der Waals surface area contributed by atoms with Crippen molar-refractivity contribution in [1.82, 2.24) is 34.8 Å². The van der Waals surface area contributed by atoms with Crippen LogP contribution in [0.5, 0.6) is 0 Å². The highest BCUT2D eigenvalue weighted by Crippen LogP contribution is 2.27. The zero-order valence-electron chi connectivity index (χ0n) is 19.3. The van der Waals surface area contributed by atoms with Gasteiger partial charge in [0.1, 0.15) is 5.84 Å². The SMILES string of the molecule is O=C(C(=O)N1CCC(N2CCN=C2c2ccccc2)CC1)c1c[nH]c2c(-n3ccnn3)ncc(F)c12. The minimum Gasteiger partial charge on any atom is -0.357 e. The molecule has 0 unspecified atom stereocenters. The molecular formula is C25H23FN8O2. The van der Waals surface area contributed by atoms with Gasteiger partial charge in [0.25, 0.3) is 11.7 Å². The van der Waals surface area contributed by atoms with Crippen LogP contribution in [-0.2, 0) is 4.79 Å². The summed E-state index contributed by atoms with van der Waals surface area (Å²) in [6.45, 7) is 2.49. The van der Waals surface area contributed by atoms with Crippen molar-refractivity contribution in [2.45, 2.75) is 18.9 Å². The van der Waals surface area contributed by atoms with Crippen molar-refractivity contribution in [3.8, 4) is 5.82 Å². The third-order valence-corrected chi connectivity index (χ3v) is 6.82. The van der Waals surface area contributed by atoms with Gasteiger partial charge in [-0.1, -0.05) is 35.5 Å². The average Bonchev–Trinajstić information content (AvgIpc) is 3.70. The van der Waals surface area contributed by atoms with E-state index in [1.165, 1.54) is 17.1 Å². The molecule has 182 valence electrons. The molecule has 0 aliphatic carbocycles. The third-order valence-electron chi connectivity index (χ3n) is 6.82. The van der Waals surface area contributed by atoms with Gasteiger partial charge in [-0.25, -0.2) is 14.1 Å². The van der Waals surface area contributed by atoms with Crippen molar-refractivity contribution in [3.05, 3.63) is 72.1 Å². The maximum Gasteiger partial charge on any atom is 0.295 e. The number of pyridine rings is 1. The third kappa shape index (κ3) is 3.72. The molecule has 2 aliphatic heterocycles. The molecule has 3 aromatic heterocycles. The van der Waals surface area contributed by atoms with Crippen LogP contribution < -0.4 is 0 Å². The molecular weight excluding hydrogens is 463 g/mol. The van der Waals surface area contributed by atoms with E-state index in [1.54, 1.807) is 11.1 Å². The van der Waals surface area contributed by atoms with Gasteiger partial charge in [0.2, 0.25) is 0 Å². The molecule has 4 aromatic rings. The summed E-state index contributed by atoms with van der Waals surface area (Å²) in [4.78, 5) is 41.8. The van der Waals surface area contributed by atoms with Gasteiger partial charge in [-0.05, 0) is 12.8 Å². The number of nitrogens with zero attached hydrogens (tertiary/aromatic N) is 7. The number of halogens is 1. The first-order valence-electron chi connectivity index (χ1n) is 11.8. The number of Topliss-reactive ketones (excluding diaryl/α,β-unsaturated/α-hetero) is 1. The van der Waals surface area contributed by atoms with E-state index in [0.717, 1.165) is 43.5 Å². The molecule has 0 bridgehead atoms. The van der Waals surface area contributed by atoms with Crippen LogP contribution in [0.1, 0.15) is 28.8 Å². The molecule has 1 aromatic carbocycles. The number of fused-ring (bicyclic) bond motifs is 1. The zero-order valence-corrected chi connectivity index (χ0v) is 19.3. The number of rotatable bonds is 5. The van der Waals surface area contributed by atoms with Gasteiger partial charge in [-0.2, -0.15) is 0 Å². The Bertz CT molecular complexity index is 1460. The number of nitrogens with one attached hydrogen (secondary N) is 1. The first-order valence-corrected chi connectivity index (χ1v) is 11.8. The summed E-state index contributed by atoms with van der Waals surface area (Å²) in [5.74, 6) is -0.791. The lowest BCUT2D eigenvalue weighted by atomic mass is 10.0. The van der Waals surface area contributed by atoms with E-state index in [1.807, 2.05) is 18.2 Å². The standard InChI is InChI=1S/C25H23FN8O2/c26-19-15-29-24(34-13-9-30-31-34)21-20(19)18(14-28-21)22(35)25(36)32-10-6-17(7-11-32)33-12-8-27-23(33)16-4-2-1-3-5-16/h1-5,9,13-15,17,28H,6-8,10-12H2. The Hall–Kier alpha value is -4.41. The summed E-state index contributed by atoms with van der Waals surface area (Å²) in [6.07, 6.45) is 6.86. The first kappa shape index (κ1) is 22.1. The van der Waals surface area contributed by atoms with Crippen LogP contribution in [0.2, 0.25) is 0 Å². The topological polar surface area (TPSA) is 112 Å². The van der Waals surface area contributed by atoms with Gasteiger partial charge in [0.05, 0.1) is 41.6 Å². The van der Waals surface area contributed by atoms with Crippen molar-refractivity contribution >= 4 is 28.4 Å². The van der Waals surface area contributed by atoms with Gasteiger partial charge in [-0.3, -0.25) is 14.6 Å². The second kappa shape index (κ2) is 8.99. The minimum absolute atomic E-state index is 0.0172. The van der Waals surface area contributed by atoms with E-state index >= 15 is 0 Å². The number of amidine groups is 1. The van der Waals surface area contributed by atoms with Gasteiger partial charge in [0, 0.05) is 37.4 Å². The van der Waals surface area contributed by atoms with Crippen molar-refractivity contribution in [2.75, 3.05) is 26.2 Å². The molecule has 0 radical (unpaired) electrons. The first-order chi connectivity index (χ1) is 17.6. The molecule has 0 saturated carbocycles. The maximum atomic E-state index is 14.7. The predicted octanol–water partition coefficient (Wildman–Crippen LogP) is 2.22. The quantitative estimate of drug-likeness (QED) is 0.342. The summed E-state index contributed by atoms with van der Waals surface area (Å²) in [5, 5.41) is 7.64. The summed E-state index contributed by atoms with van der Waals surface area (Å²) >= 11 is 0. The molecule has 2 aliphatic rings. The minimum atomic E-state index is -0.748. The normalized spacial score (nSPS) is 16.5. The Balaban J connectivity index is 1.18. The van der Waals surface area contributed by atoms with Crippen molar-refractivity contribution in [3.63, 3.8) is 0 Å². The summed E-state index contributed by atoms with van der Waals surface area (Å²) < 4.78 is 16.1. The van der Waals surface area contributed by atoms with Crippen molar-refractivity contribution in [2.24, 2.45) is 4.99 Å². The highest BCUT2D eigenvalue weighted by atomic mass is 19.1. The van der Waals surface area contributed by atoms with E-state index in [0.29, 0.717) is 13.1 Å². The number of piperidine rings is 1. The Kier molecular flexibility index (Phi) is 5.51. The second-order valence-corrected chi connectivity index (χ2v) is 8.85. The molecule has 1 N–H and O–H groups in total. The van der Waals surface area contributed by atoms with E-state index in [4.69, 9.17) is 4.99 Å². The van der Waals surface area contributed by atoms with Crippen LogP contribution in [0.4, 0.5) is 4.39 Å². The van der Waals surface area contributed by atoms with E-state index in [9.17, 15) is 14.0 Å². The highest BCUT2D eigenvalue weighted by molar-refractivity contribution is 6.45. The number of aromatic amines is 1. The molecule has 11 heteroatoms. The molecule has 36 heavy (non-hydrogen) atoms. The Morgan fingerprint density at radius 3 is 2.64 bits per heavy atom. The lowest BCUT2D eigenvalue weighted by Crippen LogP contribution is -2.49. The van der Waals surface area contributed by atoms with Crippen LogP contribution in [0.3, 0.4) is 0 Å². The van der Waals surface area contributed by atoms with Crippen LogP contribution in [0, 0.1) is 5.82 Å². The molecule has 1 saturated heterocycles. The van der Waals surface area contributed by atoms with Gasteiger partial charge < -0.3 is 14.8 Å². The highest BCUT2D eigenvalue weighted by Gasteiger charge is 2.34. The molecule has 1 amide bonds. The van der Waals surface area contributed by atoms with E-state index in [-0.39, 0.29) is 28.3 Å². The fraction of sp³-hybridized carbons (Fsp3) is 0.280. The Morgan fingerprint density at radius 2 is 1.89 bits per heavy atom. The fourth-order valence-corrected chi connectivity index (χ4v) is 5.07. The van der Waals surface area contributed by atoms with E-state index in [2.05, 4.69) is 37.3 Å². The fourth-order valence-electron chi connectivity index (χ4n) is 5.07. The molecule has 5 heterocycles.